The number of carbonyl (C=O) groups excluding carboxylic acids is 2. The molecule has 3 aliphatic heterocycles. The number of hydrogen-bond acceptors (Lipinski definition) is 10. The van der Waals surface area contributed by atoms with Gasteiger partial charge in [0.1, 0.15) is 34.5 Å². The second-order valence-electron chi connectivity index (χ2n) is 13.5. The summed E-state index contributed by atoms with van der Waals surface area (Å²) in [6.07, 6.45) is 5.00. The van der Waals surface area contributed by atoms with E-state index in [1.54, 1.807) is 43.7 Å². The number of anilines is 1. The molecule has 49 heavy (non-hydrogen) atoms. The number of hydrogen-bond donors (Lipinski definition) is 2. The number of pyridine rings is 1. The van der Waals surface area contributed by atoms with Crippen molar-refractivity contribution < 1.29 is 33.7 Å². The number of halogens is 1. The molecule has 0 radical (unpaired) electrons. The van der Waals surface area contributed by atoms with Crippen molar-refractivity contribution in [3.63, 3.8) is 0 Å². The summed E-state index contributed by atoms with van der Waals surface area (Å²) in [4.78, 5) is 47.7. The Kier molecular flexibility index (Phi) is 11.5. The molecule has 266 valence electrons. The van der Waals surface area contributed by atoms with E-state index in [9.17, 15) is 19.5 Å². The first-order chi connectivity index (χ1) is 23.3. The number of nitrogens with one attached hydrogen (secondary N) is 1. The third-order valence-electron chi connectivity index (χ3n) is 8.69. The van der Waals surface area contributed by atoms with Crippen molar-refractivity contribution in [3.8, 4) is 17.2 Å². The molecular weight excluding hydrogens is 654 g/mol. The van der Waals surface area contributed by atoms with E-state index in [1.165, 1.54) is 44.1 Å². The minimum atomic E-state index is -0.758. The van der Waals surface area contributed by atoms with Gasteiger partial charge < -0.3 is 34.4 Å². The van der Waals surface area contributed by atoms with Gasteiger partial charge in [-0.15, -0.1) is 0 Å². The Bertz CT molecular complexity index is 1660. The number of ether oxygens (including phenoxy) is 3. The second kappa shape index (κ2) is 15.6. The van der Waals surface area contributed by atoms with Crippen LogP contribution in [0, 0.1) is 5.92 Å². The molecule has 2 aromatic heterocycles. The van der Waals surface area contributed by atoms with E-state index in [0.29, 0.717) is 79.3 Å². The van der Waals surface area contributed by atoms with E-state index in [-0.39, 0.29) is 23.4 Å². The molecule has 2 amide bonds. The van der Waals surface area contributed by atoms with E-state index < -0.39 is 23.6 Å². The smallest absolute Gasteiger partial charge is 0.415 e. The molecule has 14 nitrogen and oxygen atoms in total. The summed E-state index contributed by atoms with van der Waals surface area (Å²) < 4.78 is 18.8. The maximum absolute atomic E-state index is 13.3. The maximum atomic E-state index is 13.3. The van der Waals surface area contributed by atoms with Crippen LogP contribution in [0.1, 0.15) is 56.9 Å². The Hall–Kier alpha value is -4.14. The summed E-state index contributed by atoms with van der Waals surface area (Å²) >= 11 is 6.25. The highest BCUT2D eigenvalue weighted by molar-refractivity contribution is 6.30. The summed E-state index contributed by atoms with van der Waals surface area (Å²) in [5, 5.41) is 17.5. The molecule has 1 aromatic carbocycles. The second-order valence-corrected chi connectivity index (χ2v) is 13.9. The number of benzene rings is 1. The van der Waals surface area contributed by atoms with Gasteiger partial charge >= 0.3 is 12.1 Å². The predicted molar refractivity (Wildman–Crippen MR) is 185 cm³/mol. The quantitative estimate of drug-likeness (QED) is 0.337. The molecule has 15 heteroatoms. The highest BCUT2D eigenvalue weighted by Crippen LogP contribution is 2.41. The lowest BCUT2D eigenvalue weighted by atomic mass is 9.97. The number of carboxylic acid groups (broad SMARTS) is 1. The van der Waals surface area contributed by atoms with Crippen molar-refractivity contribution in [1.29, 1.82) is 0 Å². The fourth-order valence-corrected chi connectivity index (χ4v) is 6.25. The van der Waals surface area contributed by atoms with E-state index in [1.807, 2.05) is 0 Å². The van der Waals surface area contributed by atoms with Crippen LogP contribution in [0.25, 0.3) is 16.6 Å². The number of aromatic nitrogens is 3. The average Bonchev–Trinajstić information content (AvgIpc) is 3.70. The van der Waals surface area contributed by atoms with Crippen molar-refractivity contribution in [3.05, 3.63) is 35.2 Å². The van der Waals surface area contributed by atoms with Crippen LogP contribution in [0.15, 0.2) is 24.4 Å². The zero-order valence-corrected chi connectivity index (χ0v) is 29.6. The first kappa shape index (κ1) is 36.1. The predicted octanol–water partition coefficient (Wildman–Crippen LogP) is 4.45. The number of carboxylic acids is 1. The summed E-state index contributed by atoms with van der Waals surface area (Å²) in [6.45, 7) is 10.9. The highest BCUT2D eigenvalue weighted by atomic mass is 35.5. The number of likely N-dealkylation sites (tertiary alicyclic amines) is 2. The largest absolute Gasteiger partial charge is 0.494 e. The lowest BCUT2D eigenvalue weighted by molar-refractivity contribution is -0.143. The molecule has 0 saturated carbocycles. The van der Waals surface area contributed by atoms with Crippen LogP contribution in [0.3, 0.4) is 0 Å². The highest BCUT2D eigenvalue weighted by Gasteiger charge is 2.31. The third kappa shape index (κ3) is 8.91. The molecule has 0 spiro atoms. The molecule has 3 aliphatic rings. The van der Waals surface area contributed by atoms with Crippen molar-refractivity contribution in [1.82, 2.24) is 29.9 Å². The van der Waals surface area contributed by atoms with Crippen molar-refractivity contribution >= 4 is 46.2 Å². The number of methoxy groups -OCH3 is 1. The Morgan fingerprint density at radius 1 is 1.06 bits per heavy atom. The standard InChI is InChI=1S/C29H35ClN6O7.C5H11N/c1-29(2,3)43-28(40)35-11-12-42-23-14-21(22(41-4)13-20(23)35)36-19-15-24(30)32-16-18(19)25(33-36)26(37)31-7-10-34-8-5-17(6-9-34)27(38)39;1-6-4-2-3-5-6/h13-17H,5-12H2,1-4H3,(H,31,37)(H,38,39);2-5H2,1H3. The molecule has 5 heterocycles. The molecule has 3 aromatic rings. The van der Waals surface area contributed by atoms with Gasteiger partial charge in [-0.05, 0) is 79.7 Å². The number of rotatable bonds is 7. The average molecular weight is 700 g/mol. The summed E-state index contributed by atoms with van der Waals surface area (Å²) in [5.41, 5.74) is 0.968. The Labute approximate surface area is 291 Å². The van der Waals surface area contributed by atoms with Gasteiger partial charge in [-0.2, -0.15) is 5.10 Å². The fourth-order valence-electron chi connectivity index (χ4n) is 6.10. The van der Waals surface area contributed by atoms with Gasteiger partial charge in [0.25, 0.3) is 5.91 Å². The van der Waals surface area contributed by atoms with Gasteiger partial charge in [-0.3, -0.25) is 14.5 Å². The van der Waals surface area contributed by atoms with Gasteiger partial charge in [0.15, 0.2) is 5.69 Å². The minimum Gasteiger partial charge on any atom is -0.494 e. The first-order valence-corrected chi connectivity index (χ1v) is 17.0. The molecule has 2 saturated heterocycles. The SMILES string of the molecule is CN1CCCC1.COc1cc2c(cc1-n1nc(C(=O)NCCN3CCC(C(=O)O)CC3)c3cnc(Cl)cc31)OCCN2C(=O)OC(C)(C)C. The van der Waals surface area contributed by atoms with Crippen LogP contribution in [-0.4, -0.2) is 120 Å². The van der Waals surface area contributed by atoms with Gasteiger partial charge in [0, 0.05) is 37.5 Å². The Balaban J connectivity index is 0.000000704. The van der Waals surface area contributed by atoms with Crippen LogP contribution in [-0.2, 0) is 9.53 Å². The summed E-state index contributed by atoms with van der Waals surface area (Å²) in [7, 11) is 3.67. The molecule has 0 atom stereocenters. The van der Waals surface area contributed by atoms with Crippen LogP contribution < -0.4 is 19.7 Å². The molecule has 2 N–H and O–H groups in total. The summed E-state index contributed by atoms with van der Waals surface area (Å²) in [6, 6.07) is 4.99. The fraction of sp³-hybridized carbons (Fsp3) is 0.559. The van der Waals surface area contributed by atoms with Gasteiger partial charge in [0.2, 0.25) is 0 Å². The number of fused-ring (bicyclic) bond motifs is 2. The Morgan fingerprint density at radius 2 is 1.78 bits per heavy atom. The zero-order valence-electron chi connectivity index (χ0n) is 28.8. The van der Waals surface area contributed by atoms with Crippen LogP contribution >= 0.6 is 11.6 Å². The molecule has 0 unspecified atom stereocenters. The number of nitrogens with zero attached hydrogens (tertiary/aromatic N) is 6. The number of carbonyl (C=O) groups is 3. The number of amides is 2. The maximum Gasteiger partial charge on any atom is 0.415 e. The molecule has 2 fully saturated rings. The first-order valence-electron chi connectivity index (χ1n) is 16.7. The van der Waals surface area contributed by atoms with Crippen molar-refractivity contribution in [2.24, 2.45) is 5.92 Å². The number of aliphatic carboxylic acids is 1. The van der Waals surface area contributed by atoms with Crippen LogP contribution in [0.5, 0.6) is 11.5 Å². The lowest BCUT2D eigenvalue weighted by Gasteiger charge is -2.32. The van der Waals surface area contributed by atoms with Gasteiger partial charge in [-0.25, -0.2) is 14.5 Å². The van der Waals surface area contributed by atoms with E-state index in [4.69, 9.17) is 25.8 Å². The van der Waals surface area contributed by atoms with E-state index >= 15 is 0 Å². The van der Waals surface area contributed by atoms with Crippen molar-refractivity contribution in [2.45, 2.75) is 52.1 Å². The van der Waals surface area contributed by atoms with Crippen LogP contribution in [0.4, 0.5) is 10.5 Å². The number of piperidine rings is 1. The lowest BCUT2D eigenvalue weighted by Crippen LogP contribution is -2.41. The monoisotopic (exact) mass is 699 g/mol. The van der Waals surface area contributed by atoms with Gasteiger partial charge in [0.05, 0.1) is 36.2 Å². The molecule has 0 aliphatic carbocycles. The molecule has 0 bridgehead atoms. The van der Waals surface area contributed by atoms with E-state index in [2.05, 4.69) is 32.2 Å². The topological polar surface area (TPSA) is 152 Å². The molecular formula is C34H46ClN7O7. The molecule has 6 rings (SSSR count). The third-order valence-corrected chi connectivity index (χ3v) is 8.90. The van der Waals surface area contributed by atoms with Gasteiger partial charge in [-0.1, -0.05) is 11.6 Å². The Morgan fingerprint density at radius 3 is 2.39 bits per heavy atom. The van der Waals surface area contributed by atoms with Crippen molar-refractivity contribution in [2.75, 3.05) is 71.5 Å². The van der Waals surface area contributed by atoms with Crippen LogP contribution in [0.2, 0.25) is 5.15 Å². The normalized spacial score (nSPS) is 17.1. The minimum absolute atomic E-state index is 0.153. The zero-order chi connectivity index (χ0) is 35.3. The summed E-state index contributed by atoms with van der Waals surface area (Å²) in [5.74, 6) is -0.655. The van der Waals surface area contributed by atoms with E-state index in [0.717, 1.165) is 0 Å².